The Morgan fingerprint density at radius 3 is 1.42 bits per heavy atom. The maximum absolute atomic E-state index is 14.1. The first-order valence-electron chi connectivity index (χ1n) is 44.2. The molecule has 30 atom stereocenters. The van der Waals surface area contributed by atoms with E-state index in [1.165, 1.54) is 51.2 Å². The van der Waals surface area contributed by atoms with Gasteiger partial charge in [0, 0.05) is 74.3 Å². The van der Waals surface area contributed by atoms with Crippen molar-refractivity contribution in [3.05, 3.63) is 58.3 Å². The number of hydrogen-bond acceptors (Lipinski definition) is 32. The minimum atomic E-state index is -1.67. The maximum atomic E-state index is 14.1. The highest BCUT2D eigenvalue weighted by Crippen LogP contribution is 2.45. The molecule has 9 aliphatic rings. The number of aromatic nitrogens is 1. The molecule has 4 aliphatic carbocycles. The van der Waals surface area contributed by atoms with Crippen molar-refractivity contribution in [2.45, 2.75) is 355 Å². The number of nitrogens with zero attached hydrogens (tertiary/aromatic N) is 1. The van der Waals surface area contributed by atoms with E-state index in [0.717, 1.165) is 69.9 Å². The van der Waals surface area contributed by atoms with Gasteiger partial charge >= 0.3 is 11.9 Å². The van der Waals surface area contributed by atoms with Crippen LogP contribution >= 0.6 is 11.3 Å². The summed E-state index contributed by atoms with van der Waals surface area (Å²) in [7, 11) is 0. The number of carbonyl (C=O) groups is 8. The van der Waals surface area contributed by atoms with Crippen LogP contribution in [0.2, 0.25) is 0 Å². The van der Waals surface area contributed by atoms with Gasteiger partial charge in [-0.2, -0.15) is 0 Å². The van der Waals surface area contributed by atoms with E-state index < -0.39 is 220 Å². The summed E-state index contributed by atoms with van der Waals surface area (Å²) in [6.07, 6.45) is -18.6. The van der Waals surface area contributed by atoms with Gasteiger partial charge in [-0.05, 0) is 120 Å². The number of carboxylic acid groups (broad SMARTS) is 2. The number of aliphatic carboxylic acids is 2. The monoisotopic (exact) mass is 1790 g/mol. The Hall–Kier alpha value is -6.71. The summed E-state index contributed by atoms with van der Waals surface area (Å²) in [6, 6.07) is 1.98. The number of aromatic hydroxyl groups is 1. The number of carboxylic acids is 2. The fraction of sp³-hybridized carbons (Fsp3) is 0.759. The van der Waals surface area contributed by atoms with Crippen LogP contribution in [0.5, 0.6) is 11.5 Å². The van der Waals surface area contributed by atoms with Crippen molar-refractivity contribution in [2.75, 3.05) is 26.3 Å². The summed E-state index contributed by atoms with van der Waals surface area (Å²) in [5.41, 5.74) is 2.03. The van der Waals surface area contributed by atoms with E-state index in [0.29, 0.717) is 66.2 Å². The molecule has 6 heterocycles. The molecule has 702 valence electrons. The lowest BCUT2D eigenvalue weighted by Gasteiger charge is -2.49. The number of benzene rings is 1. The summed E-state index contributed by atoms with van der Waals surface area (Å²) in [5, 5.41) is 151. The van der Waals surface area contributed by atoms with Crippen LogP contribution in [0, 0.1) is 42.4 Å². The van der Waals surface area contributed by atoms with Gasteiger partial charge in [-0.1, -0.05) is 97.5 Å². The summed E-state index contributed by atoms with van der Waals surface area (Å²) < 4.78 is 68.0. The van der Waals surface area contributed by atoms with E-state index >= 15 is 0 Å². The lowest BCUT2D eigenvalue weighted by molar-refractivity contribution is -0.338. The number of Topliss-reactive ketones (excluding diaryl/α,β-unsaturated/α-hetero) is 2. The highest BCUT2D eigenvalue weighted by molar-refractivity contribution is 7.11. The number of thiazole rings is 1. The molecule has 38 heteroatoms. The summed E-state index contributed by atoms with van der Waals surface area (Å²) in [5.74, 6) is -5.66. The number of aliphatic hydroxyl groups is 10. The van der Waals surface area contributed by atoms with Crippen LogP contribution in [-0.2, 0) is 80.9 Å². The molecular formula is C87H131N5O32S. The number of carbonyl (C=O) groups excluding carboxylic acids is 6. The first-order valence-corrected chi connectivity index (χ1v) is 45.1. The first-order chi connectivity index (χ1) is 59.6. The number of aryl methyl sites for hydroxylation is 1. The van der Waals surface area contributed by atoms with Crippen LogP contribution in [0.15, 0.2) is 42.0 Å². The van der Waals surface area contributed by atoms with E-state index in [1.807, 2.05) is 13.8 Å². The molecule has 8 fully saturated rings. The van der Waals surface area contributed by atoms with Gasteiger partial charge in [0.05, 0.1) is 56.3 Å². The molecule has 0 radical (unpaired) electrons. The SMILES string of the molecule is C=C1C=C(CC(=O)NCCCC(=O)C2CC(CC)[C@@H](OC3O[C@@H](C)[C@H](O)C(O)[C@@H]3O)[C@H](O[C@@H]3O[C@@H](CO)C(O)C(O[C@@H](CC4CCCCC4)C(=O)O)C3NC(C)=O)C2)c2ccc(O)cc2O1.CCC1CC(C(=O)CCCNC(=O)c2nc(C)cs2)C[C@@H](O[C@@H]2O[C@@H](CO)C(O)C(O[C@@H](CC3CCCCC3)C(=O)O)C2NC(C)=O)[C@@H]1OC1O[C@@H](C)[C@H](O)C(O)[C@@H]1O. The molecule has 2 aromatic rings. The molecule has 5 aliphatic heterocycles. The second-order valence-corrected chi connectivity index (χ2v) is 35.8. The van der Waals surface area contributed by atoms with Crippen LogP contribution in [0.4, 0.5) is 0 Å². The average Bonchev–Trinajstić information content (AvgIpc) is 1.15. The Morgan fingerprint density at radius 1 is 0.568 bits per heavy atom. The summed E-state index contributed by atoms with van der Waals surface area (Å²) >= 11 is 1.23. The number of phenols is 1. The third kappa shape index (κ3) is 26.8. The molecule has 4 saturated heterocycles. The highest BCUT2D eigenvalue weighted by Gasteiger charge is 2.56. The quantitative estimate of drug-likeness (QED) is 0.0432. The molecule has 4 amide bonds. The van der Waals surface area contributed by atoms with Crippen molar-refractivity contribution >= 4 is 64.0 Å². The number of ether oxygens (including phenoxy) is 11. The van der Waals surface area contributed by atoms with Gasteiger partial charge in [0.15, 0.2) is 42.4 Å². The lowest BCUT2D eigenvalue weighted by atomic mass is 9.74. The van der Waals surface area contributed by atoms with Crippen molar-refractivity contribution in [1.29, 1.82) is 0 Å². The fourth-order valence-electron chi connectivity index (χ4n) is 18.8. The highest BCUT2D eigenvalue weighted by atomic mass is 32.1. The number of ketones is 2. The van der Waals surface area contributed by atoms with Gasteiger partial charge in [-0.3, -0.25) is 28.8 Å². The Labute approximate surface area is 730 Å². The van der Waals surface area contributed by atoms with Crippen LogP contribution < -0.4 is 26.0 Å². The van der Waals surface area contributed by atoms with Crippen LogP contribution in [0.3, 0.4) is 0 Å². The third-order valence-corrected chi connectivity index (χ3v) is 26.6. The van der Waals surface area contributed by atoms with Crippen molar-refractivity contribution in [1.82, 2.24) is 26.3 Å². The van der Waals surface area contributed by atoms with E-state index in [4.69, 9.17) is 52.1 Å². The number of amides is 4. The zero-order valence-electron chi connectivity index (χ0n) is 72.1. The first kappa shape index (κ1) is 100. The standard InChI is InChI=1S/C47H68N2O17.C40H63N3O15S/c1-5-27-18-29(32(53)12-9-15-48-37(54)20-28-16-23(2)61-33-21-30(52)13-14-31(28)33)19-34(43(27)66-47-42(58)41(57)39(55)24(3)62-47)64-46-38(49-25(4)51)44(40(56)36(22-50)65-46)63-35(45(59)60)17-26-10-7-6-8-11-26;1-5-23-15-24(25(46)12-9-13-41-36(51)37-42-19(2)18-59-37)16-26(34(23)58-40-33(50)32(49)30(47)20(3)54-40)56-39-29(43-21(4)45)35(31(48)28(17-44)57-39)55-27(38(52)53)14-22-10-7-6-8-11-22/h13-14,16,21,24,26-27,29,34-36,38-44,46-47,50,52,55-58H,2,5-12,15,17-20,22H2,1,3-4H3,(H,48,54)(H,49,51)(H,59,60);18,20,22-24,26-35,39-40,44,47-50H,5-17H2,1-4H3,(H,41,51)(H,43,45)(H,52,53)/t24-,27?,29?,34+,35-,36-,38?,39-,40?,41?,42-,43+,44?,46+,47?;20-,23?,24?,26+,27-,28-,29?,30-,31?,32?,33-,34+,35?,39+,40?/m00/s1. The number of aliphatic hydroxyl groups excluding tert-OH is 10. The van der Waals surface area contributed by atoms with Crippen molar-refractivity contribution in [3.63, 3.8) is 0 Å². The van der Waals surface area contributed by atoms with Gasteiger partial charge in [0.25, 0.3) is 5.91 Å². The Balaban J connectivity index is 0.000000263. The second-order valence-electron chi connectivity index (χ2n) is 34.9. The Morgan fingerprint density at radius 2 is 1.02 bits per heavy atom. The molecule has 1 aromatic heterocycles. The van der Waals surface area contributed by atoms with Crippen molar-refractivity contribution in [2.24, 2.45) is 35.5 Å². The normalized spacial score (nSPS) is 35.1. The van der Waals surface area contributed by atoms with Gasteiger partial charge in [0.2, 0.25) is 17.7 Å². The number of rotatable bonds is 37. The minimum Gasteiger partial charge on any atom is -0.508 e. The van der Waals surface area contributed by atoms with E-state index in [-0.39, 0.29) is 99.0 Å². The molecule has 0 spiro atoms. The molecule has 0 bridgehead atoms. The van der Waals surface area contributed by atoms with Crippen LogP contribution in [0.1, 0.15) is 210 Å². The molecular weight excluding hydrogens is 1660 g/mol. The maximum Gasteiger partial charge on any atom is 0.332 e. The molecule has 17 N–H and O–H groups in total. The number of nitrogens with one attached hydrogen (secondary N) is 4. The van der Waals surface area contributed by atoms with Gasteiger partial charge < -0.3 is 140 Å². The molecule has 4 saturated carbocycles. The summed E-state index contributed by atoms with van der Waals surface area (Å²) in [6.45, 7) is 13.8. The average molecular weight is 1790 g/mol. The number of allylic oxidation sites excluding steroid dienone is 1. The predicted molar refractivity (Wildman–Crippen MR) is 442 cm³/mol. The van der Waals surface area contributed by atoms with Gasteiger partial charge in [-0.15, -0.1) is 11.3 Å². The van der Waals surface area contributed by atoms with Crippen molar-refractivity contribution < 1.29 is 157 Å². The number of hydrogen-bond donors (Lipinski definition) is 17. The Kier molecular flexibility index (Phi) is 37.9. The molecule has 1 aromatic carbocycles. The Bertz CT molecular complexity index is 3920. The van der Waals surface area contributed by atoms with E-state index in [2.05, 4.69) is 32.8 Å². The van der Waals surface area contributed by atoms with Crippen LogP contribution in [-0.4, -0.2) is 304 Å². The molecule has 14 unspecified atom stereocenters. The zero-order valence-corrected chi connectivity index (χ0v) is 72.9. The predicted octanol–water partition coefficient (Wildman–Crippen LogP) is 2.92. The molecule has 125 heavy (non-hydrogen) atoms. The minimum absolute atomic E-state index is 0.00372. The smallest absolute Gasteiger partial charge is 0.332 e. The third-order valence-electron chi connectivity index (χ3n) is 25.7. The number of fused-ring (bicyclic) bond motifs is 1. The van der Waals surface area contributed by atoms with Gasteiger partial charge in [0.1, 0.15) is 114 Å². The lowest BCUT2D eigenvalue weighted by Crippen LogP contribution is -2.67. The van der Waals surface area contributed by atoms with E-state index in [9.17, 15) is 105 Å². The fourth-order valence-corrected chi connectivity index (χ4v) is 19.5. The molecule has 11 rings (SSSR count). The van der Waals surface area contributed by atoms with Crippen LogP contribution in [0.25, 0.3) is 5.57 Å². The molecule has 37 nitrogen and oxygen atoms in total. The second kappa shape index (κ2) is 47.2. The topological polar surface area (TPSA) is 562 Å². The summed E-state index contributed by atoms with van der Waals surface area (Å²) in [4.78, 5) is 108. The van der Waals surface area contributed by atoms with Crippen molar-refractivity contribution in [3.8, 4) is 11.5 Å². The largest absolute Gasteiger partial charge is 0.508 e. The van der Waals surface area contributed by atoms with Gasteiger partial charge in [-0.25, -0.2) is 14.6 Å². The zero-order chi connectivity index (χ0) is 90.8. The number of phenolic OH excluding ortho intramolecular Hbond substituents is 1. The van der Waals surface area contributed by atoms with E-state index in [1.54, 1.807) is 24.4 Å².